The first-order chi connectivity index (χ1) is 12.6. The Labute approximate surface area is 148 Å². The smallest absolute Gasteiger partial charge is 0.305 e. The van der Waals surface area contributed by atoms with Gasteiger partial charge in [-0.3, -0.25) is 25.4 Å². The zero-order chi connectivity index (χ0) is 18.1. The second-order valence-corrected chi connectivity index (χ2v) is 5.87. The molecule has 2 aromatic carbocycles. The second kappa shape index (κ2) is 6.33. The minimum atomic E-state index is -0.514. The standard InChI is InChI=1S/C20H15N3O3/c1-12-15-9-8-13-5-2-3-7-16(13)18(15)26-17(12)20(25)23-22-19(24)14-6-4-10-21-11-14/h2-11H,1H3,(H,22,24)(H,23,25). The fourth-order valence-electron chi connectivity index (χ4n) is 2.91. The summed E-state index contributed by atoms with van der Waals surface area (Å²) >= 11 is 0. The lowest BCUT2D eigenvalue weighted by Gasteiger charge is -2.05. The number of hydrazine groups is 1. The third kappa shape index (κ3) is 2.67. The molecule has 6 heteroatoms. The molecule has 0 aliphatic carbocycles. The third-order valence-electron chi connectivity index (χ3n) is 4.25. The number of fused-ring (bicyclic) bond motifs is 3. The van der Waals surface area contributed by atoms with Crippen LogP contribution in [-0.4, -0.2) is 16.8 Å². The number of furan rings is 1. The molecule has 4 aromatic rings. The molecule has 0 atom stereocenters. The van der Waals surface area contributed by atoms with Gasteiger partial charge in [-0.05, 0) is 24.4 Å². The summed E-state index contributed by atoms with van der Waals surface area (Å²) in [5.74, 6) is -0.798. The SMILES string of the molecule is Cc1c(C(=O)NNC(=O)c2cccnc2)oc2c1ccc1ccccc12. The van der Waals surface area contributed by atoms with E-state index in [1.54, 1.807) is 18.3 Å². The summed E-state index contributed by atoms with van der Waals surface area (Å²) in [7, 11) is 0. The van der Waals surface area contributed by atoms with Gasteiger partial charge < -0.3 is 4.42 Å². The van der Waals surface area contributed by atoms with E-state index in [0.29, 0.717) is 11.1 Å². The predicted molar refractivity (Wildman–Crippen MR) is 97.6 cm³/mol. The lowest BCUT2D eigenvalue weighted by molar-refractivity contribution is 0.0831. The van der Waals surface area contributed by atoms with Crippen molar-refractivity contribution < 1.29 is 14.0 Å². The van der Waals surface area contributed by atoms with Crippen molar-refractivity contribution in [3.05, 3.63) is 77.8 Å². The maximum atomic E-state index is 12.5. The molecule has 0 bridgehead atoms. The van der Waals surface area contributed by atoms with Crippen molar-refractivity contribution in [1.29, 1.82) is 0 Å². The Morgan fingerprint density at radius 3 is 2.54 bits per heavy atom. The van der Waals surface area contributed by atoms with Crippen LogP contribution in [-0.2, 0) is 0 Å². The number of hydrogen-bond acceptors (Lipinski definition) is 4. The van der Waals surface area contributed by atoms with E-state index >= 15 is 0 Å². The zero-order valence-electron chi connectivity index (χ0n) is 13.9. The van der Waals surface area contributed by atoms with Crippen molar-refractivity contribution in [2.75, 3.05) is 0 Å². The van der Waals surface area contributed by atoms with Gasteiger partial charge in [0.05, 0.1) is 5.56 Å². The van der Waals surface area contributed by atoms with Crippen molar-refractivity contribution >= 4 is 33.6 Å². The molecule has 128 valence electrons. The van der Waals surface area contributed by atoms with Crippen LogP contribution in [0, 0.1) is 6.92 Å². The first-order valence-electron chi connectivity index (χ1n) is 8.06. The Morgan fingerprint density at radius 2 is 1.73 bits per heavy atom. The molecule has 0 radical (unpaired) electrons. The quantitative estimate of drug-likeness (QED) is 0.546. The molecular formula is C20H15N3O3. The molecule has 0 saturated carbocycles. The van der Waals surface area contributed by atoms with E-state index in [0.717, 1.165) is 21.7 Å². The number of aromatic nitrogens is 1. The molecule has 0 saturated heterocycles. The van der Waals surface area contributed by atoms with Crippen molar-refractivity contribution in [1.82, 2.24) is 15.8 Å². The van der Waals surface area contributed by atoms with Gasteiger partial charge in [0.1, 0.15) is 5.58 Å². The average Bonchev–Trinajstić information content (AvgIpc) is 3.04. The molecule has 4 rings (SSSR count). The molecule has 0 spiro atoms. The van der Waals surface area contributed by atoms with Crippen LogP contribution >= 0.6 is 0 Å². The Kier molecular flexibility index (Phi) is 3.85. The third-order valence-corrected chi connectivity index (χ3v) is 4.25. The molecule has 2 heterocycles. The number of aryl methyl sites for hydroxylation is 1. The van der Waals surface area contributed by atoms with Gasteiger partial charge in [0.15, 0.2) is 5.76 Å². The van der Waals surface area contributed by atoms with Gasteiger partial charge in [-0.25, -0.2) is 0 Å². The molecule has 0 aliphatic heterocycles. The molecule has 0 unspecified atom stereocenters. The molecular weight excluding hydrogens is 330 g/mol. The fourth-order valence-corrected chi connectivity index (χ4v) is 2.91. The average molecular weight is 345 g/mol. The maximum Gasteiger partial charge on any atom is 0.305 e. The summed E-state index contributed by atoms with van der Waals surface area (Å²) < 4.78 is 5.84. The summed E-state index contributed by atoms with van der Waals surface area (Å²) in [6.45, 7) is 1.82. The van der Waals surface area contributed by atoms with Crippen molar-refractivity contribution in [3.63, 3.8) is 0 Å². The van der Waals surface area contributed by atoms with E-state index in [1.165, 1.54) is 6.20 Å². The van der Waals surface area contributed by atoms with Gasteiger partial charge in [-0.2, -0.15) is 0 Å². The number of hydrogen-bond donors (Lipinski definition) is 2. The highest BCUT2D eigenvalue weighted by Crippen LogP contribution is 2.31. The summed E-state index contributed by atoms with van der Waals surface area (Å²) in [4.78, 5) is 28.4. The summed E-state index contributed by atoms with van der Waals surface area (Å²) in [5, 5.41) is 2.84. The molecule has 6 nitrogen and oxygen atoms in total. The van der Waals surface area contributed by atoms with Crippen LogP contribution in [0.15, 0.2) is 65.3 Å². The van der Waals surface area contributed by atoms with Crippen LogP contribution in [0.5, 0.6) is 0 Å². The lowest BCUT2D eigenvalue weighted by Crippen LogP contribution is -2.41. The fraction of sp³-hybridized carbons (Fsp3) is 0.0500. The lowest BCUT2D eigenvalue weighted by atomic mass is 10.1. The summed E-state index contributed by atoms with van der Waals surface area (Å²) in [6.07, 6.45) is 2.98. The van der Waals surface area contributed by atoms with Crippen LogP contribution in [0.25, 0.3) is 21.7 Å². The van der Waals surface area contributed by atoms with Crippen LogP contribution in [0.4, 0.5) is 0 Å². The van der Waals surface area contributed by atoms with Crippen molar-refractivity contribution in [2.45, 2.75) is 6.92 Å². The van der Waals surface area contributed by atoms with E-state index < -0.39 is 11.8 Å². The largest absolute Gasteiger partial charge is 0.450 e. The number of nitrogens with one attached hydrogen (secondary N) is 2. The van der Waals surface area contributed by atoms with Gasteiger partial charge in [0.25, 0.3) is 5.91 Å². The van der Waals surface area contributed by atoms with E-state index in [1.807, 2.05) is 43.3 Å². The number of pyridine rings is 1. The minimum Gasteiger partial charge on any atom is -0.450 e. The maximum absolute atomic E-state index is 12.5. The van der Waals surface area contributed by atoms with Crippen LogP contribution in [0.3, 0.4) is 0 Å². The van der Waals surface area contributed by atoms with Gasteiger partial charge in [-0.15, -0.1) is 0 Å². The number of carbonyl (C=O) groups is 2. The topological polar surface area (TPSA) is 84.2 Å². The van der Waals surface area contributed by atoms with Crippen LogP contribution < -0.4 is 10.9 Å². The Morgan fingerprint density at radius 1 is 0.923 bits per heavy atom. The second-order valence-electron chi connectivity index (χ2n) is 5.87. The van der Waals surface area contributed by atoms with Crippen LogP contribution in [0.1, 0.15) is 26.5 Å². The molecule has 2 N–H and O–H groups in total. The highest BCUT2D eigenvalue weighted by Gasteiger charge is 2.19. The Bertz CT molecular complexity index is 1130. The number of rotatable bonds is 2. The van der Waals surface area contributed by atoms with Gasteiger partial charge in [0, 0.05) is 28.7 Å². The number of amides is 2. The van der Waals surface area contributed by atoms with Gasteiger partial charge >= 0.3 is 5.91 Å². The molecule has 2 amide bonds. The molecule has 0 fully saturated rings. The van der Waals surface area contributed by atoms with E-state index in [2.05, 4.69) is 15.8 Å². The van der Waals surface area contributed by atoms with E-state index in [9.17, 15) is 9.59 Å². The minimum absolute atomic E-state index is 0.169. The first kappa shape index (κ1) is 15.8. The Balaban J connectivity index is 1.62. The molecule has 0 aliphatic rings. The van der Waals surface area contributed by atoms with Crippen LogP contribution in [0.2, 0.25) is 0 Å². The summed E-state index contributed by atoms with van der Waals surface area (Å²) in [5.41, 5.74) is 6.48. The highest BCUT2D eigenvalue weighted by molar-refractivity contribution is 6.09. The van der Waals surface area contributed by atoms with E-state index in [4.69, 9.17) is 4.42 Å². The Hall–Kier alpha value is -3.67. The highest BCUT2D eigenvalue weighted by atomic mass is 16.3. The predicted octanol–water partition coefficient (Wildman–Crippen LogP) is 3.36. The van der Waals surface area contributed by atoms with Gasteiger partial charge in [-0.1, -0.05) is 36.4 Å². The van der Waals surface area contributed by atoms with E-state index in [-0.39, 0.29) is 5.76 Å². The van der Waals surface area contributed by atoms with Gasteiger partial charge in [0.2, 0.25) is 0 Å². The number of nitrogens with zero attached hydrogens (tertiary/aromatic N) is 1. The molecule has 2 aromatic heterocycles. The normalized spacial score (nSPS) is 10.8. The molecule has 26 heavy (non-hydrogen) atoms. The van der Waals surface area contributed by atoms with Crippen molar-refractivity contribution in [2.24, 2.45) is 0 Å². The number of benzene rings is 2. The summed E-state index contributed by atoms with van der Waals surface area (Å²) in [6, 6.07) is 15.0. The zero-order valence-corrected chi connectivity index (χ0v) is 13.9. The number of carbonyl (C=O) groups excluding carboxylic acids is 2. The monoisotopic (exact) mass is 345 g/mol. The first-order valence-corrected chi connectivity index (χ1v) is 8.06. The van der Waals surface area contributed by atoms with Crippen molar-refractivity contribution in [3.8, 4) is 0 Å².